The Morgan fingerprint density at radius 2 is 1.47 bits per heavy atom. The number of piperidine rings is 1. The molecule has 2 aromatic carbocycles. The van der Waals surface area contributed by atoms with E-state index in [4.69, 9.17) is 0 Å². The van der Waals surface area contributed by atoms with E-state index in [9.17, 15) is 39.9 Å². The highest BCUT2D eigenvalue weighted by Gasteiger charge is 2.71. The molecule has 0 aliphatic carbocycles. The van der Waals surface area contributed by atoms with Gasteiger partial charge in [0.25, 0.3) is 5.60 Å². The lowest BCUT2D eigenvalue weighted by atomic mass is 9.88. The Morgan fingerprint density at radius 3 is 1.92 bits per heavy atom. The monoisotopic (exact) mass is 572 g/mol. The van der Waals surface area contributed by atoms with Crippen LogP contribution < -0.4 is 0 Å². The molecule has 0 radical (unpaired) electrons. The van der Waals surface area contributed by atoms with E-state index >= 15 is 8.78 Å². The maximum absolute atomic E-state index is 15.5. The summed E-state index contributed by atoms with van der Waals surface area (Å²) in [5.41, 5.74) is -6.94. The zero-order valence-corrected chi connectivity index (χ0v) is 21.0. The maximum atomic E-state index is 15.5. The number of rotatable bonds is 6. The number of fused-ring (bicyclic) bond motifs is 2. The normalized spacial score (nSPS) is 21.4. The SMILES string of the molecule is CCc1c(-c2ccc(C(O)(C(F)(F)F)C(F)(F)F)cc2)cc(F)c(CN2CC3CC(C2)N3S(C)(=O)=O)c1F. The van der Waals surface area contributed by atoms with Gasteiger partial charge in [-0.1, -0.05) is 31.2 Å². The van der Waals surface area contributed by atoms with E-state index in [1.807, 2.05) is 0 Å². The minimum atomic E-state index is -6.06. The van der Waals surface area contributed by atoms with Crippen LogP contribution in [0.5, 0.6) is 0 Å². The highest BCUT2D eigenvalue weighted by molar-refractivity contribution is 7.88. The van der Waals surface area contributed by atoms with E-state index in [1.165, 1.54) is 4.31 Å². The molecule has 38 heavy (non-hydrogen) atoms. The number of halogens is 8. The number of alkyl halides is 6. The van der Waals surface area contributed by atoms with Crippen molar-refractivity contribution in [1.82, 2.24) is 9.21 Å². The molecule has 14 heteroatoms. The first-order chi connectivity index (χ1) is 17.4. The fraction of sp³-hybridized carbons (Fsp3) is 0.500. The Kier molecular flexibility index (Phi) is 7.12. The van der Waals surface area contributed by atoms with Gasteiger partial charge in [-0.25, -0.2) is 17.2 Å². The molecule has 2 unspecified atom stereocenters. The van der Waals surface area contributed by atoms with Crippen LogP contribution in [-0.4, -0.2) is 66.5 Å². The van der Waals surface area contributed by atoms with Crippen molar-refractivity contribution in [3.63, 3.8) is 0 Å². The number of nitrogens with zero attached hydrogens (tertiary/aromatic N) is 2. The largest absolute Gasteiger partial charge is 0.430 e. The van der Waals surface area contributed by atoms with Crippen molar-refractivity contribution in [2.45, 2.75) is 56.3 Å². The van der Waals surface area contributed by atoms with Crippen molar-refractivity contribution in [2.75, 3.05) is 19.3 Å². The van der Waals surface area contributed by atoms with Gasteiger partial charge in [-0.05, 0) is 35.6 Å². The average molecular weight is 573 g/mol. The molecule has 0 amide bonds. The molecule has 3 aliphatic rings. The zero-order valence-electron chi connectivity index (χ0n) is 20.2. The van der Waals surface area contributed by atoms with Crippen LogP contribution in [0.15, 0.2) is 30.3 Å². The second-order valence-corrected chi connectivity index (χ2v) is 11.5. The summed E-state index contributed by atoms with van der Waals surface area (Å²) in [6.45, 7) is 1.99. The lowest BCUT2D eigenvalue weighted by molar-refractivity contribution is -0.376. The van der Waals surface area contributed by atoms with Gasteiger partial charge < -0.3 is 5.11 Å². The van der Waals surface area contributed by atoms with Crippen LogP contribution in [0.3, 0.4) is 0 Å². The summed E-state index contributed by atoms with van der Waals surface area (Å²) in [5.74, 6) is -1.85. The van der Waals surface area contributed by atoms with Crippen LogP contribution in [0, 0.1) is 11.6 Å². The van der Waals surface area contributed by atoms with Crippen LogP contribution in [0.4, 0.5) is 35.1 Å². The van der Waals surface area contributed by atoms with Crippen LogP contribution in [0.1, 0.15) is 30.0 Å². The molecule has 3 saturated heterocycles. The summed E-state index contributed by atoms with van der Waals surface area (Å²) in [6, 6.07) is 2.92. The quantitative estimate of drug-likeness (QED) is 0.509. The van der Waals surface area contributed by atoms with Gasteiger partial charge in [-0.2, -0.15) is 30.6 Å². The molecule has 0 spiro atoms. The molecule has 210 valence electrons. The lowest BCUT2D eigenvalue weighted by Gasteiger charge is -2.54. The second kappa shape index (κ2) is 9.42. The zero-order chi connectivity index (χ0) is 28.4. The van der Waals surface area contributed by atoms with E-state index in [-0.39, 0.29) is 60.4 Å². The van der Waals surface area contributed by atoms with Gasteiger partial charge >= 0.3 is 12.4 Å². The first kappa shape index (κ1) is 28.7. The number of piperazine rings is 1. The number of sulfonamides is 1. The van der Waals surface area contributed by atoms with E-state index < -0.39 is 45.2 Å². The smallest absolute Gasteiger partial charge is 0.369 e. The Labute approximate surface area is 213 Å². The molecule has 0 aromatic heterocycles. The fourth-order valence-corrected chi connectivity index (χ4v) is 6.78. The average Bonchev–Trinajstić information content (AvgIpc) is 2.78. The molecule has 0 saturated carbocycles. The van der Waals surface area contributed by atoms with E-state index in [0.29, 0.717) is 18.6 Å². The molecule has 2 atom stereocenters. The van der Waals surface area contributed by atoms with Gasteiger partial charge in [0.2, 0.25) is 10.0 Å². The van der Waals surface area contributed by atoms with Gasteiger partial charge in [0.15, 0.2) is 0 Å². The lowest BCUT2D eigenvalue weighted by Crippen LogP contribution is -2.69. The summed E-state index contributed by atoms with van der Waals surface area (Å²) >= 11 is 0. The van der Waals surface area contributed by atoms with Crippen molar-refractivity contribution < 1.29 is 48.6 Å². The van der Waals surface area contributed by atoms with Gasteiger partial charge in [-0.3, -0.25) is 4.90 Å². The van der Waals surface area contributed by atoms with Gasteiger partial charge in [0, 0.05) is 42.8 Å². The summed E-state index contributed by atoms with van der Waals surface area (Å²) < 4.78 is 135. The van der Waals surface area contributed by atoms with Crippen molar-refractivity contribution in [3.8, 4) is 11.1 Å². The molecule has 1 N–H and O–H groups in total. The Balaban J connectivity index is 1.63. The highest BCUT2D eigenvalue weighted by atomic mass is 32.2. The van der Waals surface area contributed by atoms with E-state index in [0.717, 1.165) is 24.5 Å². The molecular formula is C24H24F8N2O3S. The number of aliphatic hydroxyl groups is 1. The third kappa shape index (κ3) is 4.69. The summed E-state index contributed by atoms with van der Waals surface area (Å²) in [7, 11) is -3.40. The molecule has 5 nitrogen and oxygen atoms in total. The highest BCUT2D eigenvalue weighted by Crippen LogP contribution is 2.50. The third-order valence-electron chi connectivity index (χ3n) is 7.17. The van der Waals surface area contributed by atoms with Crippen molar-refractivity contribution in [1.29, 1.82) is 0 Å². The van der Waals surface area contributed by atoms with Crippen molar-refractivity contribution in [2.24, 2.45) is 0 Å². The summed E-state index contributed by atoms with van der Waals surface area (Å²) in [6.07, 6.45) is -10.3. The summed E-state index contributed by atoms with van der Waals surface area (Å²) in [4.78, 5) is 1.74. The minimum absolute atomic E-state index is 0.0102. The summed E-state index contributed by atoms with van der Waals surface area (Å²) in [5, 5.41) is 9.57. The fourth-order valence-electron chi connectivity index (χ4n) is 5.39. The van der Waals surface area contributed by atoms with Gasteiger partial charge in [0.1, 0.15) is 11.6 Å². The minimum Gasteiger partial charge on any atom is -0.369 e. The molecular weight excluding hydrogens is 548 g/mol. The van der Waals surface area contributed by atoms with Crippen LogP contribution in [0.2, 0.25) is 0 Å². The van der Waals surface area contributed by atoms with Crippen molar-refractivity contribution in [3.05, 3.63) is 58.7 Å². The first-order valence-electron chi connectivity index (χ1n) is 11.6. The molecule has 5 rings (SSSR count). The third-order valence-corrected chi connectivity index (χ3v) is 8.53. The second-order valence-electron chi connectivity index (χ2n) is 9.64. The topological polar surface area (TPSA) is 60.9 Å². The molecule has 2 aromatic rings. The molecule has 3 aliphatic heterocycles. The maximum Gasteiger partial charge on any atom is 0.430 e. The van der Waals surface area contributed by atoms with E-state index in [2.05, 4.69) is 0 Å². The number of hydrogen-bond donors (Lipinski definition) is 1. The predicted octanol–water partition coefficient (Wildman–Crippen LogP) is 4.72. The van der Waals surface area contributed by atoms with Gasteiger partial charge in [0.05, 0.1) is 6.26 Å². The molecule has 3 heterocycles. The number of benzene rings is 2. The Bertz CT molecular complexity index is 1300. The standard InChI is InChI=1S/C24H24F8N2O3S/c1-3-17-18(13-4-6-14(7-5-13)22(35,23(27,28)29)24(30,31)32)9-20(25)19(21(17)26)12-33-10-15-8-16(11-33)34(15)38(2,36)37/h4-7,9,15-16,35H,3,8,10-12H2,1-2H3. The number of hydrogen-bond acceptors (Lipinski definition) is 4. The predicted molar refractivity (Wildman–Crippen MR) is 121 cm³/mol. The molecule has 2 bridgehead atoms. The van der Waals surface area contributed by atoms with Crippen molar-refractivity contribution >= 4 is 10.0 Å². The van der Waals surface area contributed by atoms with Crippen LogP contribution >= 0.6 is 0 Å². The molecule has 3 fully saturated rings. The van der Waals surface area contributed by atoms with E-state index in [1.54, 1.807) is 11.8 Å². The Morgan fingerprint density at radius 1 is 0.947 bits per heavy atom. The van der Waals surface area contributed by atoms with Crippen LogP contribution in [-0.2, 0) is 28.6 Å². The van der Waals surface area contributed by atoms with Gasteiger partial charge in [-0.15, -0.1) is 0 Å². The first-order valence-corrected chi connectivity index (χ1v) is 13.4. The van der Waals surface area contributed by atoms with Crippen LogP contribution in [0.25, 0.3) is 11.1 Å². The Hall–Kier alpha value is -2.29.